The Kier molecular flexibility index (Phi) is 4.25. The third-order valence-electron chi connectivity index (χ3n) is 3.79. The Morgan fingerprint density at radius 1 is 1.23 bits per heavy atom. The van der Waals surface area contributed by atoms with Crippen LogP contribution >= 0.6 is 0 Å². The van der Waals surface area contributed by atoms with E-state index in [1.807, 2.05) is 0 Å². The molecule has 1 aliphatic rings. The van der Waals surface area contributed by atoms with Crippen molar-refractivity contribution in [2.75, 3.05) is 20.6 Å². The van der Waals surface area contributed by atoms with Crippen molar-refractivity contribution in [1.29, 1.82) is 0 Å². The number of aliphatic carboxylic acids is 1. The number of rotatable bonds is 6. The number of benzene rings is 1. The zero-order chi connectivity index (χ0) is 16.5. The summed E-state index contributed by atoms with van der Waals surface area (Å²) in [6.45, 7) is 0.0823. The minimum absolute atomic E-state index is 0.0823. The van der Waals surface area contributed by atoms with Crippen LogP contribution in [0.15, 0.2) is 29.2 Å². The number of sulfonamides is 1. The number of carbonyl (C=O) groups is 2. The molecule has 1 saturated carbocycles. The Morgan fingerprint density at radius 3 is 2.18 bits per heavy atom. The molecule has 0 unspecified atom stereocenters. The van der Waals surface area contributed by atoms with Crippen LogP contribution in [0, 0.1) is 5.41 Å². The minimum atomic E-state index is -3.53. The molecule has 1 aromatic rings. The summed E-state index contributed by atoms with van der Waals surface area (Å²) >= 11 is 0. The van der Waals surface area contributed by atoms with Gasteiger partial charge >= 0.3 is 5.97 Å². The molecule has 0 bridgehead atoms. The van der Waals surface area contributed by atoms with Crippen molar-refractivity contribution >= 4 is 21.9 Å². The number of carbonyl (C=O) groups excluding carboxylic acids is 1. The Labute approximate surface area is 129 Å². The van der Waals surface area contributed by atoms with Crippen molar-refractivity contribution in [3.63, 3.8) is 0 Å². The van der Waals surface area contributed by atoms with Crippen LogP contribution in [0.3, 0.4) is 0 Å². The van der Waals surface area contributed by atoms with Crippen LogP contribution in [-0.2, 0) is 14.8 Å². The van der Waals surface area contributed by atoms with E-state index in [0.717, 1.165) is 4.31 Å². The standard InChI is InChI=1S/C14H18N2O5S/c1-16(2)22(20,21)11-5-3-10(4-6-11)12(17)15-9-14(7-8-14)13(18)19/h3-6H,7-9H2,1-2H3,(H,15,17)(H,18,19). The zero-order valence-corrected chi connectivity index (χ0v) is 13.2. The molecule has 0 saturated heterocycles. The molecule has 0 aromatic heterocycles. The predicted octanol–water partition coefficient (Wildman–Crippen LogP) is 0.532. The molecule has 8 heteroatoms. The number of amides is 1. The molecule has 1 aliphatic carbocycles. The Balaban J connectivity index is 2.05. The molecule has 120 valence electrons. The van der Waals surface area contributed by atoms with Gasteiger partial charge < -0.3 is 10.4 Å². The molecular weight excluding hydrogens is 308 g/mol. The van der Waals surface area contributed by atoms with E-state index in [2.05, 4.69) is 5.32 Å². The van der Waals surface area contributed by atoms with Gasteiger partial charge in [0, 0.05) is 26.2 Å². The first kappa shape index (κ1) is 16.4. The molecule has 1 fully saturated rings. The largest absolute Gasteiger partial charge is 0.481 e. The van der Waals surface area contributed by atoms with Gasteiger partial charge in [-0.15, -0.1) is 0 Å². The van der Waals surface area contributed by atoms with Crippen molar-refractivity contribution in [1.82, 2.24) is 9.62 Å². The molecule has 0 heterocycles. The second kappa shape index (κ2) is 5.69. The van der Waals surface area contributed by atoms with Crippen LogP contribution in [0.2, 0.25) is 0 Å². The SMILES string of the molecule is CN(C)S(=O)(=O)c1ccc(C(=O)NCC2(C(=O)O)CC2)cc1. The van der Waals surface area contributed by atoms with E-state index < -0.39 is 27.3 Å². The number of nitrogens with one attached hydrogen (secondary N) is 1. The highest BCUT2D eigenvalue weighted by Crippen LogP contribution is 2.45. The maximum Gasteiger partial charge on any atom is 0.311 e. The predicted molar refractivity (Wildman–Crippen MR) is 79.0 cm³/mol. The fourth-order valence-electron chi connectivity index (χ4n) is 1.96. The van der Waals surface area contributed by atoms with E-state index in [9.17, 15) is 18.0 Å². The number of hydrogen-bond acceptors (Lipinski definition) is 4. The van der Waals surface area contributed by atoms with E-state index in [1.165, 1.54) is 38.4 Å². The van der Waals surface area contributed by atoms with Gasteiger partial charge in [-0.25, -0.2) is 12.7 Å². The van der Waals surface area contributed by atoms with Crippen LogP contribution in [0.5, 0.6) is 0 Å². The molecule has 0 spiro atoms. The Bertz CT molecular complexity index is 690. The summed E-state index contributed by atoms with van der Waals surface area (Å²) in [5.74, 6) is -1.32. The maximum atomic E-state index is 12.0. The van der Waals surface area contributed by atoms with E-state index in [4.69, 9.17) is 5.11 Å². The van der Waals surface area contributed by atoms with Crippen molar-refractivity contribution in [3.05, 3.63) is 29.8 Å². The zero-order valence-electron chi connectivity index (χ0n) is 12.4. The van der Waals surface area contributed by atoms with Gasteiger partial charge in [-0.2, -0.15) is 0 Å². The first-order chi connectivity index (χ1) is 10.2. The minimum Gasteiger partial charge on any atom is -0.481 e. The highest BCUT2D eigenvalue weighted by Gasteiger charge is 2.50. The van der Waals surface area contributed by atoms with Gasteiger partial charge in [0.25, 0.3) is 5.91 Å². The fraction of sp³-hybridized carbons (Fsp3) is 0.429. The summed E-state index contributed by atoms with van der Waals surface area (Å²) < 4.78 is 24.9. The lowest BCUT2D eigenvalue weighted by Gasteiger charge is -2.13. The lowest BCUT2D eigenvalue weighted by Crippen LogP contribution is -2.34. The van der Waals surface area contributed by atoms with Gasteiger partial charge in [0.2, 0.25) is 10.0 Å². The molecule has 0 atom stereocenters. The summed E-state index contributed by atoms with van der Waals surface area (Å²) in [6.07, 6.45) is 1.12. The second-order valence-electron chi connectivity index (χ2n) is 5.58. The van der Waals surface area contributed by atoms with Gasteiger partial charge in [-0.1, -0.05) is 0 Å². The van der Waals surface area contributed by atoms with Gasteiger partial charge in [-0.05, 0) is 37.1 Å². The van der Waals surface area contributed by atoms with Crippen LogP contribution in [0.4, 0.5) is 0 Å². The highest BCUT2D eigenvalue weighted by molar-refractivity contribution is 7.89. The summed E-state index contributed by atoms with van der Waals surface area (Å²) in [5.41, 5.74) is -0.539. The van der Waals surface area contributed by atoms with Gasteiger partial charge in [0.15, 0.2) is 0 Å². The monoisotopic (exact) mass is 326 g/mol. The average molecular weight is 326 g/mol. The fourth-order valence-corrected chi connectivity index (χ4v) is 2.86. The summed E-state index contributed by atoms with van der Waals surface area (Å²) in [5, 5.41) is 11.6. The van der Waals surface area contributed by atoms with E-state index >= 15 is 0 Å². The Hall–Kier alpha value is -1.93. The molecule has 2 N–H and O–H groups in total. The van der Waals surface area contributed by atoms with E-state index in [0.29, 0.717) is 18.4 Å². The average Bonchev–Trinajstić information content (AvgIpc) is 3.26. The molecule has 7 nitrogen and oxygen atoms in total. The third kappa shape index (κ3) is 3.12. The number of hydrogen-bond donors (Lipinski definition) is 2. The van der Waals surface area contributed by atoms with Crippen LogP contribution in [0.1, 0.15) is 23.2 Å². The normalized spacial score (nSPS) is 16.3. The number of nitrogens with zero attached hydrogens (tertiary/aromatic N) is 1. The van der Waals surface area contributed by atoms with Crippen LogP contribution < -0.4 is 5.32 Å². The van der Waals surface area contributed by atoms with Gasteiger partial charge in [0.1, 0.15) is 0 Å². The first-order valence-electron chi connectivity index (χ1n) is 6.73. The molecular formula is C14H18N2O5S. The van der Waals surface area contributed by atoms with Crippen molar-refractivity contribution < 1.29 is 23.1 Å². The van der Waals surface area contributed by atoms with Crippen molar-refractivity contribution in [2.45, 2.75) is 17.7 Å². The first-order valence-corrected chi connectivity index (χ1v) is 8.17. The van der Waals surface area contributed by atoms with Gasteiger partial charge in [-0.3, -0.25) is 9.59 Å². The summed E-state index contributed by atoms with van der Waals surface area (Å²) in [6, 6.07) is 5.53. The summed E-state index contributed by atoms with van der Waals surface area (Å²) in [7, 11) is -0.677. The third-order valence-corrected chi connectivity index (χ3v) is 5.62. The molecule has 1 amide bonds. The second-order valence-corrected chi connectivity index (χ2v) is 7.73. The number of carboxylic acid groups (broad SMARTS) is 1. The lowest BCUT2D eigenvalue weighted by atomic mass is 10.1. The molecule has 2 rings (SSSR count). The molecule has 22 heavy (non-hydrogen) atoms. The quantitative estimate of drug-likeness (QED) is 0.794. The summed E-state index contributed by atoms with van der Waals surface area (Å²) in [4.78, 5) is 23.1. The van der Waals surface area contributed by atoms with Crippen LogP contribution in [-0.4, -0.2) is 50.3 Å². The topological polar surface area (TPSA) is 104 Å². The van der Waals surface area contributed by atoms with Crippen molar-refractivity contribution in [2.24, 2.45) is 5.41 Å². The van der Waals surface area contributed by atoms with Gasteiger partial charge in [0.05, 0.1) is 10.3 Å². The Morgan fingerprint density at radius 2 is 1.77 bits per heavy atom. The number of carboxylic acids is 1. The maximum absolute atomic E-state index is 12.0. The van der Waals surface area contributed by atoms with Crippen molar-refractivity contribution in [3.8, 4) is 0 Å². The van der Waals surface area contributed by atoms with E-state index in [1.54, 1.807) is 0 Å². The highest BCUT2D eigenvalue weighted by atomic mass is 32.2. The lowest BCUT2D eigenvalue weighted by molar-refractivity contribution is -0.143. The smallest absolute Gasteiger partial charge is 0.311 e. The van der Waals surface area contributed by atoms with Crippen LogP contribution in [0.25, 0.3) is 0 Å². The molecule has 1 aromatic carbocycles. The molecule has 0 aliphatic heterocycles. The van der Waals surface area contributed by atoms with E-state index in [-0.39, 0.29) is 11.4 Å². The molecule has 0 radical (unpaired) electrons.